The van der Waals surface area contributed by atoms with Crippen molar-refractivity contribution in [3.05, 3.63) is 48.2 Å². The van der Waals surface area contributed by atoms with E-state index in [9.17, 15) is 22.8 Å². The second-order valence-corrected chi connectivity index (χ2v) is 6.51. The summed E-state index contributed by atoms with van der Waals surface area (Å²) in [6, 6.07) is 7.92. The minimum atomic E-state index is -4.47. The van der Waals surface area contributed by atoms with Gasteiger partial charge in [0.1, 0.15) is 11.5 Å². The third-order valence-electron chi connectivity index (χ3n) is 4.40. The molecule has 2 amide bonds. The molecule has 0 aliphatic carbocycles. The molecule has 2 heterocycles. The van der Waals surface area contributed by atoms with Crippen LogP contribution in [-0.4, -0.2) is 35.0 Å². The van der Waals surface area contributed by atoms with Crippen LogP contribution in [0.1, 0.15) is 18.4 Å². The molecule has 1 fully saturated rings. The van der Waals surface area contributed by atoms with Crippen molar-refractivity contribution >= 4 is 12.0 Å². The number of alkyl halides is 3. The molecule has 1 aromatic heterocycles. The number of aromatic nitrogens is 1. The first-order valence-corrected chi connectivity index (χ1v) is 8.79. The molecule has 0 radical (unpaired) electrons. The van der Waals surface area contributed by atoms with Crippen LogP contribution in [0.2, 0.25) is 0 Å². The van der Waals surface area contributed by atoms with E-state index in [-0.39, 0.29) is 24.1 Å². The predicted octanol–water partition coefficient (Wildman–Crippen LogP) is 3.59. The van der Waals surface area contributed by atoms with Crippen LogP contribution in [0.5, 0.6) is 17.4 Å². The molecule has 1 atom stereocenters. The highest BCUT2D eigenvalue weighted by atomic mass is 19.4. The van der Waals surface area contributed by atoms with Crippen molar-refractivity contribution in [2.24, 2.45) is 11.7 Å². The van der Waals surface area contributed by atoms with Gasteiger partial charge in [0.05, 0.1) is 11.5 Å². The van der Waals surface area contributed by atoms with Crippen LogP contribution in [0, 0.1) is 5.92 Å². The number of hydrogen-bond acceptors (Lipinski definition) is 5. The molecule has 3 rings (SSSR count). The number of primary amides is 1. The zero-order valence-corrected chi connectivity index (χ0v) is 15.2. The number of nitrogens with zero attached hydrogens (tertiary/aromatic N) is 2. The molecule has 1 aliphatic rings. The lowest BCUT2D eigenvalue weighted by atomic mass is 9.98. The van der Waals surface area contributed by atoms with E-state index in [2.05, 4.69) is 4.98 Å². The highest BCUT2D eigenvalue weighted by molar-refractivity contribution is 5.78. The van der Waals surface area contributed by atoms with Crippen LogP contribution in [0.15, 0.2) is 42.6 Å². The van der Waals surface area contributed by atoms with Gasteiger partial charge < -0.3 is 20.1 Å². The molecule has 0 spiro atoms. The highest BCUT2D eigenvalue weighted by Gasteiger charge is 2.31. The zero-order chi connectivity index (χ0) is 21.0. The Hall–Kier alpha value is -3.30. The molecule has 29 heavy (non-hydrogen) atoms. The number of likely N-dealkylation sites (tertiary alicyclic amines) is 1. The first-order valence-electron chi connectivity index (χ1n) is 8.79. The van der Waals surface area contributed by atoms with Gasteiger partial charge in [-0.2, -0.15) is 13.2 Å². The molecule has 2 aromatic rings. The Balaban J connectivity index is 1.57. The number of amides is 2. The summed E-state index contributed by atoms with van der Waals surface area (Å²) in [5.41, 5.74) is 4.43. The highest BCUT2D eigenvalue weighted by Crippen LogP contribution is 2.30. The number of ether oxygens (including phenoxy) is 2. The normalized spacial score (nSPS) is 16.9. The Morgan fingerprint density at radius 3 is 2.38 bits per heavy atom. The van der Waals surface area contributed by atoms with Crippen LogP contribution < -0.4 is 15.2 Å². The van der Waals surface area contributed by atoms with Crippen LogP contribution in [0.3, 0.4) is 0 Å². The van der Waals surface area contributed by atoms with Gasteiger partial charge in [0.2, 0.25) is 11.8 Å². The Morgan fingerprint density at radius 1 is 1.10 bits per heavy atom. The van der Waals surface area contributed by atoms with E-state index in [1.165, 1.54) is 29.2 Å². The lowest BCUT2D eigenvalue weighted by molar-refractivity contribution is -0.137. The molecule has 1 saturated heterocycles. The van der Waals surface area contributed by atoms with Crippen LogP contribution in [0.25, 0.3) is 0 Å². The first kappa shape index (κ1) is 20.4. The fourth-order valence-electron chi connectivity index (χ4n) is 2.85. The van der Waals surface area contributed by atoms with E-state index >= 15 is 0 Å². The van der Waals surface area contributed by atoms with E-state index in [0.717, 1.165) is 12.1 Å². The average molecular weight is 409 g/mol. The minimum absolute atomic E-state index is 0.00597. The Bertz CT molecular complexity index is 870. The van der Waals surface area contributed by atoms with E-state index in [0.29, 0.717) is 31.3 Å². The van der Waals surface area contributed by atoms with Crippen molar-refractivity contribution in [3.63, 3.8) is 0 Å². The summed E-state index contributed by atoms with van der Waals surface area (Å²) in [6.45, 7) is 0.693. The number of rotatable bonds is 4. The number of benzene rings is 1. The van der Waals surface area contributed by atoms with Crippen molar-refractivity contribution in [1.82, 2.24) is 9.88 Å². The number of nitrogens with two attached hydrogens (primary N) is 1. The van der Waals surface area contributed by atoms with E-state index < -0.39 is 23.7 Å². The zero-order valence-electron chi connectivity index (χ0n) is 15.2. The van der Waals surface area contributed by atoms with E-state index in [1.807, 2.05) is 0 Å². The lowest BCUT2D eigenvalue weighted by Gasteiger charge is -2.30. The smallest absolute Gasteiger partial charge is 0.417 e. The number of carbonyl (C=O) groups is 2. The van der Waals surface area contributed by atoms with Crippen molar-refractivity contribution in [1.29, 1.82) is 0 Å². The molecule has 1 aliphatic heterocycles. The summed E-state index contributed by atoms with van der Waals surface area (Å²) in [5, 5.41) is 0. The fraction of sp³-hybridized carbons (Fsp3) is 0.316. The second kappa shape index (κ2) is 8.38. The molecule has 1 aromatic carbocycles. The molecule has 10 heteroatoms. The molecular formula is C19H18F3N3O4. The number of hydrogen-bond donors (Lipinski definition) is 1. The molecule has 154 valence electrons. The van der Waals surface area contributed by atoms with Crippen molar-refractivity contribution in [2.75, 3.05) is 13.1 Å². The van der Waals surface area contributed by atoms with E-state index in [4.69, 9.17) is 15.2 Å². The van der Waals surface area contributed by atoms with Crippen LogP contribution in [0.4, 0.5) is 18.0 Å². The van der Waals surface area contributed by atoms with Crippen molar-refractivity contribution < 1.29 is 32.2 Å². The van der Waals surface area contributed by atoms with Gasteiger partial charge in [0.15, 0.2) is 0 Å². The third-order valence-corrected chi connectivity index (χ3v) is 4.40. The van der Waals surface area contributed by atoms with Gasteiger partial charge in [-0.05, 0) is 43.2 Å². The summed E-state index contributed by atoms with van der Waals surface area (Å²) >= 11 is 0. The monoisotopic (exact) mass is 409 g/mol. The SMILES string of the molecule is NC(=O)C1CCCN(C(=O)Oc2ccc(Oc3ccc(C(F)(F)F)cn3)cc2)C1. The molecule has 2 N–H and O–H groups in total. The average Bonchev–Trinajstić information content (AvgIpc) is 2.69. The van der Waals surface area contributed by atoms with Crippen LogP contribution >= 0.6 is 0 Å². The maximum absolute atomic E-state index is 12.5. The Kier molecular flexibility index (Phi) is 5.90. The maximum atomic E-state index is 12.5. The van der Waals surface area contributed by atoms with Gasteiger partial charge in [-0.25, -0.2) is 9.78 Å². The van der Waals surface area contributed by atoms with Gasteiger partial charge in [-0.3, -0.25) is 4.79 Å². The largest absolute Gasteiger partial charge is 0.439 e. The number of pyridine rings is 1. The van der Waals surface area contributed by atoms with Gasteiger partial charge >= 0.3 is 12.3 Å². The fourth-order valence-corrected chi connectivity index (χ4v) is 2.85. The van der Waals surface area contributed by atoms with E-state index in [1.54, 1.807) is 0 Å². The van der Waals surface area contributed by atoms with Gasteiger partial charge in [0, 0.05) is 25.4 Å². The van der Waals surface area contributed by atoms with Gasteiger partial charge in [0.25, 0.3) is 0 Å². The quantitative estimate of drug-likeness (QED) is 0.833. The summed E-state index contributed by atoms with van der Waals surface area (Å²) in [7, 11) is 0. The molecule has 0 saturated carbocycles. The number of halogens is 3. The standard InChI is InChI=1S/C19H18F3N3O4/c20-19(21,22)13-3-8-16(24-10-13)28-14-4-6-15(7-5-14)29-18(27)25-9-1-2-12(11-25)17(23)26/h3-8,10,12H,1-2,9,11H2,(H2,23,26). The molecule has 0 bridgehead atoms. The summed E-state index contributed by atoms with van der Waals surface area (Å²) in [5.74, 6) is -0.273. The lowest BCUT2D eigenvalue weighted by Crippen LogP contribution is -2.45. The Morgan fingerprint density at radius 2 is 1.79 bits per heavy atom. The summed E-state index contributed by atoms with van der Waals surface area (Å²) in [4.78, 5) is 28.6. The molecular weight excluding hydrogens is 391 g/mol. The van der Waals surface area contributed by atoms with Gasteiger partial charge in [-0.15, -0.1) is 0 Å². The summed E-state index contributed by atoms with van der Waals surface area (Å²) in [6.07, 6.45) is -3.07. The first-order chi connectivity index (χ1) is 13.7. The maximum Gasteiger partial charge on any atom is 0.417 e. The molecule has 1 unspecified atom stereocenters. The Labute approximate surface area is 164 Å². The topological polar surface area (TPSA) is 94.8 Å². The summed E-state index contributed by atoms with van der Waals surface area (Å²) < 4.78 is 48.3. The second-order valence-electron chi connectivity index (χ2n) is 6.51. The predicted molar refractivity (Wildman–Crippen MR) is 95.3 cm³/mol. The number of carbonyl (C=O) groups excluding carboxylic acids is 2. The molecule has 7 nitrogen and oxygen atoms in total. The van der Waals surface area contributed by atoms with Crippen LogP contribution in [-0.2, 0) is 11.0 Å². The third kappa shape index (κ3) is 5.37. The number of piperidine rings is 1. The van der Waals surface area contributed by atoms with Crippen molar-refractivity contribution in [3.8, 4) is 17.4 Å². The van der Waals surface area contributed by atoms with Gasteiger partial charge in [-0.1, -0.05) is 0 Å². The van der Waals surface area contributed by atoms with Crippen molar-refractivity contribution in [2.45, 2.75) is 19.0 Å². The minimum Gasteiger partial charge on any atom is -0.439 e.